The first-order chi connectivity index (χ1) is 5.74. The van der Waals surface area contributed by atoms with Gasteiger partial charge in [-0.25, -0.2) is 0 Å². The van der Waals surface area contributed by atoms with E-state index in [0.717, 1.165) is 0 Å². The summed E-state index contributed by atoms with van der Waals surface area (Å²) in [4.78, 5) is 3.95. The molecule has 3 nitrogen and oxygen atoms in total. The molecule has 0 atom stereocenters. The van der Waals surface area contributed by atoms with Gasteiger partial charge in [-0.2, -0.15) is 0 Å². The van der Waals surface area contributed by atoms with Crippen molar-refractivity contribution in [1.82, 2.24) is 0 Å². The van der Waals surface area contributed by atoms with Crippen LogP contribution in [-0.2, 0) is 0 Å². The molecule has 0 heterocycles. The Morgan fingerprint density at radius 2 is 2.17 bits per heavy atom. The lowest BCUT2D eigenvalue weighted by molar-refractivity contribution is 0.459. The molecule has 1 aromatic carbocycles. The maximum absolute atomic E-state index is 9.26. The molecule has 2 N–H and O–H groups in total. The van der Waals surface area contributed by atoms with E-state index in [1.54, 1.807) is 0 Å². The van der Waals surface area contributed by atoms with Gasteiger partial charge in [-0.1, -0.05) is 0 Å². The number of aliphatic imine (C=N–C) groups is 1. The van der Waals surface area contributed by atoms with E-state index >= 15 is 0 Å². The molecule has 0 aromatic heterocycles. The minimum atomic E-state index is 0.130. The van der Waals surface area contributed by atoms with Crippen molar-refractivity contribution in [3.8, 4) is 11.5 Å². The molecular weight excluding hydrogens is 154 g/mol. The summed E-state index contributed by atoms with van der Waals surface area (Å²) in [6.07, 6.45) is 1.54. The van der Waals surface area contributed by atoms with Gasteiger partial charge in [-0.05, 0) is 25.1 Å². The van der Waals surface area contributed by atoms with E-state index in [1.807, 2.05) is 6.92 Å². The molecule has 3 heteroatoms. The van der Waals surface area contributed by atoms with E-state index in [2.05, 4.69) is 4.99 Å². The molecule has 1 aromatic rings. The van der Waals surface area contributed by atoms with Crippen molar-refractivity contribution in [2.45, 2.75) is 6.92 Å². The van der Waals surface area contributed by atoms with Gasteiger partial charge in [0, 0.05) is 18.3 Å². The third-order valence-corrected chi connectivity index (χ3v) is 1.42. The zero-order chi connectivity index (χ0) is 8.97. The van der Waals surface area contributed by atoms with Crippen LogP contribution in [0.1, 0.15) is 12.5 Å². The summed E-state index contributed by atoms with van der Waals surface area (Å²) in [6.45, 7) is 2.56. The SMILES string of the molecule is CCN=Cc1cc(O)ccc1O. The Hall–Kier alpha value is -1.51. The lowest BCUT2D eigenvalue weighted by atomic mass is 10.2. The standard InChI is InChI=1S/C9H11NO2/c1-2-10-6-7-5-8(11)3-4-9(7)12/h3-6,11-12H,2H2,1H3. The lowest BCUT2D eigenvalue weighted by Crippen LogP contribution is -1.82. The number of rotatable bonds is 2. The number of nitrogens with zero attached hydrogens (tertiary/aromatic N) is 1. The summed E-state index contributed by atoms with van der Waals surface area (Å²) < 4.78 is 0. The quantitative estimate of drug-likeness (QED) is 0.516. The number of phenolic OH excluding ortho intramolecular Hbond substituents is 2. The third kappa shape index (κ3) is 1.99. The van der Waals surface area contributed by atoms with Gasteiger partial charge in [-0.15, -0.1) is 0 Å². The van der Waals surface area contributed by atoms with Gasteiger partial charge in [0.05, 0.1) is 0 Å². The van der Waals surface area contributed by atoms with Crippen molar-refractivity contribution >= 4 is 6.21 Å². The molecule has 0 aliphatic heterocycles. The van der Waals surface area contributed by atoms with Crippen LogP contribution in [0.5, 0.6) is 11.5 Å². The van der Waals surface area contributed by atoms with Gasteiger partial charge in [0.1, 0.15) is 11.5 Å². The Kier molecular flexibility index (Phi) is 2.69. The molecule has 0 aliphatic carbocycles. The molecule has 0 fully saturated rings. The highest BCUT2D eigenvalue weighted by Gasteiger charge is 1.97. The molecule has 12 heavy (non-hydrogen) atoms. The number of hydrogen-bond donors (Lipinski definition) is 2. The van der Waals surface area contributed by atoms with E-state index in [1.165, 1.54) is 24.4 Å². The van der Waals surface area contributed by atoms with Crippen LogP contribution in [0, 0.1) is 0 Å². The second-order valence-electron chi connectivity index (χ2n) is 2.37. The Morgan fingerprint density at radius 1 is 1.42 bits per heavy atom. The summed E-state index contributed by atoms with van der Waals surface area (Å²) in [7, 11) is 0. The molecule has 64 valence electrons. The van der Waals surface area contributed by atoms with Crippen LogP contribution in [0.4, 0.5) is 0 Å². The molecule has 0 amide bonds. The largest absolute Gasteiger partial charge is 0.508 e. The molecule has 0 radical (unpaired) electrons. The first-order valence-electron chi connectivity index (χ1n) is 3.76. The smallest absolute Gasteiger partial charge is 0.124 e. The predicted molar refractivity (Wildman–Crippen MR) is 47.9 cm³/mol. The monoisotopic (exact) mass is 165 g/mol. The van der Waals surface area contributed by atoms with Crippen molar-refractivity contribution in [2.24, 2.45) is 4.99 Å². The zero-order valence-corrected chi connectivity index (χ0v) is 6.86. The van der Waals surface area contributed by atoms with E-state index in [0.29, 0.717) is 12.1 Å². The zero-order valence-electron chi connectivity index (χ0n) is 6.86. The van der Waals surface area contributed by atoms with E-state index in [9.17, 15) is 5.11 Å². The first-order valence-corrected chi connectivity index (χ1v) is 3.76. The van der Waals surface area contributed by atoms with E-state index < -0.39 is 0 Å². The van der Waals surface area contributed by atoms with Gasteiger partial charge < -0.3 is 10.2 Å². The highest BCUT2D eigenvalue weighted by Crippen LogP contribution is 2.19. The molecule has 0 unspecified atom stereocenters. The molecule has 0 aliphatic rings. The minimum absolute atomic E-state index is 0.130. The summed E-state index contributed by atoms with van der Waals surface area (Å²) in [5, 5.41) is 18.3. The molecule has 1 rings (SSSR count). The lowest BCUT2D eigenvalue weighted by Gasteiger charge is -1.98. The second-order valence-corrected chi connectivity index (χ2v) is 2.37. The molecule has 0 spiro atoms. The van der Waals surface area contributed by atoms with Gasteiger partial charge in [-0.3, -0.25) is 4.99 Å². The van der Waals surface area contributed by atoms with Crippen molar-refractivity contribution < 1.29 is 10.2 Å². The van der Waals surface area contributed by atoms with Crippen molar-refractivity contribution in [3.05, 3.63) is 23.8 Å². The summed E-state index contributed by atoms with van der Waals surface area (Å²) in [5.74, 6) is 0.260. The maximum Gasteiger partial charge on any atom is 0.124 e. The number of phenols is 2. The Morgan fingerprint density at radius 3 is 2.83 bits per heavy atom. The number of benzene rings is 1. The van der Waals surface area contributed by atoms with Crippen LogP contribution in [0.15, 0.2) is 23.2 Å². The second kappa shape index (κ2) is 3.76. The number of aromatic hydroxyl groups is 2. The van der Waals surface area contributed by atoms with E-state index in [-0.39, 0.29) is 11.5 Å². The fourth-order valence-corrected chi connectivity index (χ4v) is 0.835. The number of hydrogen-bond acceptors (Lipinski definition) is 3. The maximum atomic E-state index is 9.26. The molecule has 0 bridgehead atoms. The molecule has 0 saturated carbocycles. The Bertz CT molecular complexity index is 295. The van der Waals surface area contributed by atoms with Gasteiger partial charge >= 0.3 is 0 Å². The normalized spacial score (nSPS) is 10.8. The molecule has 0 saturated heterocycles. The fourth-order valence-electron chi connectivity index (χ4n) is 0.835. The minimum Gasteiger partial charge on any atom is -0.508 e. The topological polar surface area (TPSA) is 52.8 Å². The van der Waals surface area contributed by atoms with E-state index in [4.69, 9.17) is 5.11 Å². The van der Waals surface area contributed by atoms with Crippen LogP contribution in [0.3, 0.4) is 0 Å². The summed E-state index contributed by atoms with van der Waals surface area (Å²) >= 11 is 0. The summed E-state index contributed by atoms with van der Waals surface area (Å²) in [5.41, 5.74) is 0.539. The fraction of sp³-hybridized carbons (Fsp3) is 0.222. The average Bonchev–Trinajstić information content (AvgIpc) is 2.07. The Labute approximate surface area is 71.0 Å². The van der Waals surface area contributed by atoms with Crippen molar-refractivity contribution in [3.63, 3.8) is 0 Å². The third-order valence-electron chi connectivity index (χ3n) is 1.42. The van der Waals surface area contributed by atoms with Crippen LogP contribution < -0.4 is 0 Å². The van der Waals surface area contributed by atoms with Crippen LogP contribution in [0.25, 0.3) is 0 Å². The van der Waals surface area contributed by atoms with Crippen molar-refractivity contribution in [2.75, 3.05) is 6.54 Å². The average molecular weight is 165 g/mol. The Balaban J connectivity index is 2.97. The molecular formula is C9H11NO2. The predicted octanol–water partition coefficient (Wildman–Crippen LogP) is 1.54. The highest BCUT2D eigenvalue weighted by molar-refractivity contribution is 5.83. The van der Waals surface area contributed by atoms with Gasteiger partial charge in [0.25, 0.3) is 0 Å². The highest BCUT2D eigenvalue weighted by atomic mass is 16.3. The van der Waals surface area contributed by atoms with Crippen LogP contribution in [0.2, 0.25) is 0 Å². The summed E-state index contributed by atoms with van der Waals surface area (Å²) in [6, 6.07) is 4.33. The van der Waals surface area contributed by atoms with Crippen molar-refractivity contribution in [1.29, 1.82) is 0 Å². The van der Waals surface area contributed by atoms with Crippen LogP contribution in [-0.4, -0.2) is 23.0 Å². The van der Waals surface area contributed by atoms with Gasteiger partial charge in [0.15, 0.2) is 0 Å². The van der Waals surface area contributed by atoms with Crippen LogP contribution >= 0.6 is 0 Å². The first kappa shape index (κ1) is 8.59. The van der Waals surface area contributed by atoms with Gasteiger partial charge in [0.2, 0.25) is 0 Å².